The van der Waals surface area contributed by atoms with E-state index in [1.54, 1.807) is 17.3 Å². The predicted octanol–water partition coefficient (Wildman–Crippen LogP) is 2.05. The van der Waals surface area contributed by atoms with Crippen LogP contribution in [0.5, 0.6) is 0 Å². The van der Waals surface area contributed by atoms with E-state index in [1.165, 1.54) is 6.07 Å². The molecule has 1 fully saturated rings. The minimum absolute atomic E-state index is 0.170. The number of nitrogens with zero attached hydrogens (tertiary/aromatic N) is 1. The molecule has 7 heteroatoms. The standard InChI is InChI=1S/C19H31N3O3S/c1-13-5-7-22(8-6-13)26(24,25)18-10-17(9-15(3)16(18)4)19(23)21-12-14(2)11-20/h9-10,13-14H,5-8,11-12,20H2,1-4H3,(H,21,23). The quantitative estimate of drug-likeness (QED) is 0.789. The molecule has 0 saturated carbocycles. The van der Waals surface area contributed by atoms with E-state index in [-0.39, 0.29) is 16.7 Å². The van der Waals surface area contributed by atoms with Crippen molar-refractivity contribution < 1.29 is 13.2 Å². The SMILES string of the molecule is Cc1cc(C(=O)NCC(C)CN)cc(S(=O)(=O)N2CCC(C)CC2)c1C. The van der Waals surface area contributed by atoms with Gasteiger partial charge in [0.15, 0.2) is 0 Å². The van der Waals surface area contributed by atoms with Gasteiger partial charge in [-0.3, -0.25) is 4.79 Å². The smallest absolute Gasteiger partial charge is 0.251 e. The highest BCUT2D eigenvalue weighted by Gasteiger charge is 2.30. The monoisotopic (exact) mass is 381 g/mol. The molecule has 6 nitrogen and oxygen atoms in total. The third kappa shape index (κ3) is 4.64. The average molecular weight is 382 g/mol. The van der Waals surface area contributed by atoms with Crippen molar-refractivity contribution >= 4 is 15.9 Å². The molecule has 1 atom stereocenters. The summed E-state index contributed by atoms with van der Waals surface area (Å²) in [6.07, 6.45) is 1.74. The summed E-state index contributed by atoms with van der Waals surface area (Å²) in [7, 11) is -3.60. The van der Waals surface area contributed by atoms with E-state index in [0.29, 0.717) is 43.2 Å². The maximum atomic E-state index is 13.1. The Morgan fingerprint density at radius 2 is 1.92 bits per heavy atom. The van der Waals surface area contributed by atoms with Crippen LogP contribution in [0, 0.1) is 25.7 Å². The summed E-state index contributed by atoms with van der Waals surface area (Å²) in [5.74, 6) is 0.451. The summed E-state index contributed by atoms with van der Waals surface area (Å²) in [6.45, 7) is 9.76. The van der Waals surface area contributed by atoms with Crippen LogP contribution in [0.2, 0.25) is 0 Å². The Balaban J connectivity index is 2.31. The van der Waals surface area contributed by atoms with Crippen LogP contribution in [0.4, 0.5) is 0 Å². The van der Waals surface area contributed by atoms with Gasteiger partial charge in [0.1, 0.15) is 0 Å². The van der Waals surface area contributed by atoms with Gasteiger partial charge in [-0.25, -0.2) is 8.42 Å². The van der Waals surface area contributed by atoms with Crippen molar-refractivity contribution in [1.29, 1.82) is 0 Å². The predicted molar refractivity (Wildman–Crippen MR) is 104 cm³/mol. The Labute approximate surface area is 157 Å². The van der Waals surface area contributed by atoms with Crippen molar-refractivity contribution in [2.45, 2.75) is 45.4 Å². The van der Waals surface area contributed by atoms with E-state index in [4.69, 9.17) is 5.73 Å². The number of hydrogen-bond acceptors (Lipinski definition) is 4. The topological polar surface area (TPSA) is 92.5 Å². The number of nitrogens with two attached hydrogens (primary N) is 1. The third-order valence-corrected chi connectivity index (χ3v) is 7.28. The van der Waals surface area contributed by atoms with Gasteiger partial charge in [0.2, 0.25) is 10.0 Å². The van der Waals surface area contributed by atoms with Crippen LogP contribution in [0.1, 0.15) is 48.2 Å². The van der Waals surface area contributed by atoms with Crippen molar-refractivity contribution in [2.24, 2.45) is 17.6 Å². The molecular weight excluding hydrogens is 350 g/mol. The van der Waals surface area contributed by atoms with Gasteiger partial charge in [0.25, 0.3) is 5.91 Å². The lowest BCUT2D eigenvalue weighted by molar-refractivity contribution is 0.0948. The second kappa shape index (κ2) is 8.50. The molecule has 1 unspecified atom stereocenters. The first-order chi connectivity index (χ1) is 12.2. The van der Waals surface area contributed by atoms with Gasteiger partial charge < -0.3 is 11.1 Å². The summed E-state index contributed by atoms with van der Waals surface area (Å²) in [5.41, 5.74) is 7.46. The van der Waals surface area contributed by atoms with E-state index in [2.05, 4.69) is 12.2 Å². The van der Waals surface area contributed by atoms with Crippen LogP contribution >= 0.6 is 0 Å². The molecule has 1 aromatic carbocycles. The number of nitrogens with one attached hydrogen (secondary N) is 1. The number of carbonyl (C=O) groups excluding carboxylic acids is 1. The van der Waals surface area contributed by atoms with E-state index in [9.17, 15) is 13.2 Å². The molecule has 1 amide bonds. The molecule has 1 saturated heterocycles. The highest BCUT2D eigenvalue weighted by atomic mass is 32.2. The van der Waals surface area contributed by atoms with Gasteiger partial charge in [0.05, 0.1) is 4.90 Å². The van der Waals surface area contributed by atoms with Crippen LogP contribution in [0.25, 0.3) is 0 Å². The molecule has 1 aliphatic rings. The lowest BCUT2D eigenvalue weighted by atomic mass is 10.0. The number of amides is 1. The Bertz CT molecular complexity index is 754. The molecular formula is C19H31N3O3S. The molecule has 1 aromatic rings. The fraction of sp³-hybridized carbons (Fsp3) is 0.632. The third-order valence-electron chi connectivity index (χ3n) is 5.26. The number of carbonyl (C=O) groups is 1. The summed E-state index contributed by atoms with van der Waals surface area (Å²) in [4.78, 5) is 12.7. The Kier molecular flexibility index (Phi) is 6.82. The van der Waals surface area contributed by atoms with Crippen molar-refractivity contribution in [3.63, 3.8) is 0 Å². The maximum absolute atomic E-state index is 13.1. The lowest BCUT2D eigenvalue weighted by Gasteiger charge is -2.30. The Hall–Kier alpha value is -1.44. The molecule has 0 spiro atoms. The van der Waals surface area contributed by atoms with Crippen LogP contribution in [0.3, 0.4) is 0 Å². The van der Waals surface area contributed by atoms with Crippen molar-refractivity contribution in [3.05, 3.63) is 28.8 Å². The fourth-order valence-corrected chi connectivity index (χ4v) is 4.84. The first-order valence-electron chi connectivity index (χ1n) is 9.26. The van der Waals surface area contributed by atoms with E-state index in [1.807, 2.05) is 13.8 Å². The second-order valence-electron chi connectivity index (χ2n) is 7.55. The highest BCUT2D eigenvalue weighted by Crippen LogP contribution is 2.28. The van der Waals surface area contributed by atoms with Gasteiger partial charge in [-0.1, -0.05) is 13.8 Å². The van der Waals surface area contributed by atoms with Crippen LogP contribution in [-0.2, 0) is 10.0 Å². The molecule has 1 aliphatic heterocycles. The number of sulfonamides is 1. The number of rotatable bonds is 6. The van der Waals surface area contributed by atoms with Gasteiger partial charge in [-0.05, 0) is 68.3 Å². The van der Waals surface area contributed by atoms with Crippen molar-refractivity contribution in [3.8, 4) is 0 Å². The van der Waals surface area contributed by atoms with Crippen molar-refractivity contribution in [1.82, 2.24) is 9.62 Å². The maximum Gasteiger partial charge on any atom is 0.251 e. The molecule has 146 valence electrons. The number of piperidine rings is 1. The van der Waals surface area contributed by atoms with Crippen LogP contribution < -0.4 is 11.1 Å². The zero-order chi connectivity index (χ0) is 19.5. The van der Waals surface area contributed by atoms with E-state index >= 15 is 0 Å². The largest absolute Gasteiger partial charge is 0.352 e. The van der Waals surface area contributed by atoms with Gasteiger partial charge in [-0.15, -0.1) is 0 Å². The average Bonchev–Trinajstić information content (AvgIpc) is 2.61. The Morgan fingerprint density at radius 3 is 2.50 bits per heavy atom. The summed E-state index contributed by atoms with van der Waals surface area (Å²) in [5, 5.41) is 2.83. The summed E-state index contributed by atoms with van der Waals surface area (Å²) < 4.78 is 27.8. The van der Waals surface area contributed by atoms with Gasteiger partial charge in [0, 0.05) is 25.2 Å². The number of benzene rings is 1. The van der Waals surface area contributed by atoms with E-state index < -0.39 is 10.0 Å². The molecule has 0 radical (unpaired) electrons. The highest BCUT2D eigenvalue weighted by molar-refractivity contribution is 7.89. The molecule has 26 heavy (non-hydrogen) atoms. The molecule has 3 N–H and O–H groups in total. The molecule has 0 bridgehead atoms. The van der Waals surface area contributed by atoms with Gasteiger partial charge >= 0.3 is 0 Å². The van der Waals surface area contributed by atoms with Gasteiger partial charge in [-0.2, -0.15) is 4.31 Å². The molecule has 0 aliphatic carbocycles. The Morgan fingerprint density at radius 1 is 1.31 bits per heavy atom. The summed E-state index contributed by atoms with van der Waals surface area (Å²) >= 11 is 0. The first kappa shape index (κ1) is 20.9. The number of hydrogen-bond donors (Lipinski definition) is 2. The minimum Gasteiger partial charge on any atom is -0.352 e. The fourth-order valence-electron chi connectivity index (χ4n) is 3.04. The summed E-state index contributed by atoms with van der Waals surface area (Å²) in [6, 6.07) is 3.26. The molecule has 0 aromatic heterocycles. The first-order valence-corrected chi connectivity index (χ1v) is 10.7. The second-order valence-corrected chi connectivity index (χ2v) is 9.46. The molecule has 1 heterocycles. The van der Waals surface area contributed by atoms with Crippen LogP contribution in [-0.4, -0.2) is 44.8 Å². The van der Waals surface area contributed by atoms with E-state index in [0.717, 1.165) is 18.4 Å². The van der Waals surface area contributed by atoms with Crippen LogP contribution in [0.15, 0.2) is 17.0 Å². The minimum atomic E-state index is -3.60. The zero-order valence-electron chi connectivity index (χ0n) is 16.2. The normalized spacial score (nSPS) is 17.9. The zero-order valence-corrected chi connectivity index (χ0v) is 17.0. The lowest BCUT2D eigenvalue weighted by Crippen LogP contribution is -2.38. The number of aryl methyl sites for hydroxylation is 1. The molecule has 2 rings (SSSR count). The van der Waals surface area contributed by atoms with Crippen molar-refractivity contribution in [2.75, 3.05) is 26.2 Å².